The number of benzene rings is 3. The highest BCUT2D eigenvalue weighted by atomic mass is 16.6. The number of carbonyl (C=O) groups excluding carboxylic acids is 9. The second-order valence-corrected chi connectivity index (χ2v) is 33.1. The van der Waals surface area contributed by atoms with Crippen LogP contribution in [-0.2, 0) is 106 Å². The summed E-state index contributed by atoms with van der Waals surface area (Å²) in [6.45, 7) is 33.1. The summed E-state index contributed by atoms with van der Waals surface area (Å²) < 4.78 is 57.8. The van der Waals surface area contributed by atoms with Crippen molar-refractivity contribution in [2.24, 2.45) is 0 Å². The first-order valence-corrected chi connectivity index (χ1v) is 37.8. The van der Waals surface area contributed by atoms with E-state index < -0.39 is 81.6 Å². The average molecular weight is 1520 g/mol. The van der Waals surface area contributed by atoms with Gasteiger partial charge in [-0.1, -0.05) is 42.8 Å². The minimum Gasteiger partial charge on any atom is -0.497 e. The maximum Gasteiger partial charge on any atom is 0.329 e. The van der Waals surface area contributed by atoms with Gasteiger partial charge in [-0.2, -0.15) is 0 Å². The van der Waals surface area contributed by atoms with E-state index in [9.17, 15) is 43.2 Å². The molecule has 3 aromatic carbocycles. The van der Waals surface area contributed by atoms with Crippen LogP contribution in [-0.4, -0.2) is 168 Å². The van der Waals surface area contributed by atoms with Gasteiger partial charge in [0.05, 0.1) is 33.0 Å². The Balaban J connectivity index is 1.45. The number of pyridine rings is 1. The molecule has 4 amide bonds. The first-order chi connectivity index (χ1) is 50.8. The van der Waals surface area contributed by atoms with Crippen LogP contribution in [0.1, 0.15) is 229 Å². The van der Waals surface area contributed by atoms with Crippen LogP contribution in [0.4, 0.5) is 4.79 Å². The van der Waals surface area contributed by atoms with Crippen molar-refractivity contribution >= 4 is 53.7 Å². The zero-order valence-corrected chi connectivity index (χ0v) is 68.5. The predicted molar refractivity (Wildman–Crippen MR) is 414 cm³/mol. The summed E-state index contributed by atoms with van der Waals surface area (Å²) in [5.74, 6) is -1.23. The molecule has 26 nitrogen and oxygen atoms in total. The van der Waals surface area contributed by atoms with E-state index in [0.29, 0.717) is 86.0 Å². The Hall–Kier alpha value is -9.04. The lowest BCUT2D eigenvalue weighted by Gasteiger charge is -2.30. The van der Waals surface area contributed by atoms with E-state index in [1.807, 2.05) is 109 Å². The molecule has 0 saturated heterocycles. The molecule has 26 heteroatoms. The fraction of sp³-hybridized carbons (Fsp3) is 0.614. The topological polar surface area (TPSA) is 313 Å². The molecular formula is C83H125N7O19. The smallest absolute Gasteiger partial charge is 0.329 e. The first kappa shape index (κ1) is 92.3. The van der Waals surface area contributed by atoms with Gasteiger partial charge in [0.25, 0.3) is 0 Å². The minimum absolute atomic E-state index is 0.0884. The number of hydrogen-bond acceptors (Lipinski definition) is 22. The number of methoxy groups -OCH3 is 2. The van der Waals surface area contributed by atoms with E-state index in [1.54, 1.807) is 118 Å². The second kappa shape index (κ2) is 44.0. The number of hydrogen-bond donors (Lipinski definition) is 4. The molecule has 1 aromatic heterocycles. The van der Waals surface area contributed by atoms with Gasteiger partial charge >= 0.3 is 41.8 Å². The number of urea groups is 1. The lowest BCUT2D eigenvalue weighted by Crippen LogP contribution is -2.53. The standard InChI is InChI=1S/C83H125N7O19/c1-78(2,3)104-71(93)44-33-57-32-41-67(102-55-58-28-36-62(100-19)37-29-58)60(50-57)51-89(53-73(95)106-80(7,8)9)48-49-90(54-74(96)107-81(10,11)12)52-66-68(103-56-59-30-38-63(101-20)39-31-59)42-34-61(86-66)35-43-70(92)85-46-24-21-22-27-69(91)84-47-25-23-26-64(75(97)108-82(13,14)15)87-77(99)88-65(76(98)109-83(16,17)18)40-45-72(94)105-79(4,5)6/h28-32,34,36-39,41-42,50,64-65H,21-27,33,35,40,43-49,51-56H2,1-20H3,(H,84,91)(H,85,92)(H2,87,88,99)/t64-,65-/m0/s1. The van der Waals surface area contributed by atoms with Gasteiger partial charge in [0.1, 0.15) is 81.9 Å². The molecule has 0 aliphatic rings. The van der Waals surface area contributed by atoms with E-state index in [4.69, 9.17) is 52.4 Å². The molecule has 0 unspecified atom stereocenters. The van der Waals surface area contributed by atoms with Crippen molar-refractivity contribution in [3.63, 3.8) is 0 Å². The normalized spacial score (nSPS) is 12.6. The third-order valence-corrected chi connectivity index (χ3v) is 15.6. The third-order valence-electron chi connectivity index (χ3n) is 15.6. The summed E-state index contributed by atoms with van der Waals surface area (Å²) in [4.78, 5) is 129. The van der Waals surface area contributed by atoms with Crippen LogP contribution >= 0.6 is 0 Å². The molecule has 1 heterocycles. The number of esters is 6. The van der Waals surface area contributed by atoms with Gasteiger partial charge in [0.15, 0.2) is 0 Å². The second-order valence-electron chi connectivity index (χ2n) is 33.1. The summed E-state index contributed by atoms with van der Waals surface area (Å²) in [5.41, 5.74) is -0.312. The van der Waals surface area contributed by atoms with E-state index in [0.717, 1.165) is 22.3 Å². The fourth-order valence-corrected chi connectivity index (χ4v) is 10.8. The largest absolute Gasteiger partial charge is 0.497 e. The van der Waals surface area contributed by atoms with Crippen LogP contribution in [0.25, 0.3) is 0 Å². The van der Waals surface area contributed by atoms with E-state index in [1.165, 1.54) is 0 Å². The third kappa shape index (κ3) is 41.4. The molecule has 0 spiro atoms. The molecule has 4 aromatic rings. The van der Waals surface area contributed by atoms with E-state index in [2.05, 4.69) is 21.3 Å². The number of unbranched alkanes of at least 4 members (excludes halogenated alkanes) is 3. The van der Waals surface area contributed by atoms with E-state index in [-0.39, 0.29) is 115 Å². The van der Waals surface area contributed by atoms with Crippen molar-refractivity contribution < 1.29 is 90.5 Å². The Bertz CT molecular complexity index is 3560. The monoisotopic (exact) mass is 1520 g/mol. The first-order valence-electron chi connectivity index (χ1n) is 37.8. The quantitative estimate of drug-likeness (QED) is 0.0182. The molecule has 0 fully saturated rings. The number of nitrogens with one attached hydrogen (secondary N) is 4. The van der Waals surface area contributed by atoms with Crippen molar-refractivity contribution in [2.45, 2.75) is 280 Å². The zero-order chi connectivity index (χ0) is 81.3. The molecule has 0 aliphatic carbocycles. The molecule has 606 valence electrons. The maximum absolute atomic E-state index is 14.0. The molecule has 4 rings (SSSR count). The summed E-state index contributed by atoms with van der Waals surface area (Å²) in [6.07, 6.45) is 3.80. The summed E-state index contributed by atoms with van der Waals surface area (Å²) >= 11 is 0. The number of ether oxygens (including phenoxy) is 10. The molecule has 0 aliphatic heterocycles. The summed E-state index contributed by atoms with van der Waals surface area (Å²) in [7, 11) is 3.20. The highest BCUT2D eigenvalue weighted by Crippen LogP contribution is 2.28. The van der Waals surface area contributed by atoms with Crippen LogP contribution in [0, 0.1) is 0 Å². The number of rotatable bonds is 43. The SMILES string of the molecule is COc1ccc(COc2ccc(CCC(=O)OC(C)(C)C)cc2CN(CCN(CC(=O)OC(C)(C)C)Cc2nc(CCC(=O)NCCCCCC(=O)NCCCC[C@H](NC(=O)N[C@@H](CCC(=O)OC(C)(C)C)C(=O)OC(C)(C)C)C(=O)OC(C)(C)C)ccc2OCc2ccc(OC)cc2)CC(=O)OC(C)(C)C)cc1. The van der Waals surface area contributed by atoms with Gasteiger partial charge in [-0.25, -0.2) is 14.4 Å². The average Bonchev–Trinajstić information content (AvgIpc) is 0.840. The Morgan fingerprint density at radius 3 is 1.32 bits per heavy atom. The van der Waals surface area contributed by atoms with E-state index >= 15 is 0 Å². The summed E-state index contributed by atoms with van der Waals surface area (Å²) in [6, 6.07) is 21.3. The lowest BCUT2D eigenvalue weighted by molar-refractivity contribution is -0.159. The van der Waals surface area contributed by atoms with Gasteiger partial charge in [0, 0.05) is 76.2 Å². The van der Waals surface area contributed by atoms with Crippen LogP contribution in [0.2, 0.25) is 0 Å². The van der Waals surface area contributed by atoms with Crippen molar-refractivity contribution in [3.8, 4) is 23.0 Å². The predicted octanol–water partition coefficient (Wildman–Crippen LogP) is 12.3. The number of aromatic nitrogens is 1. The highest BCUT2D eigenvalue weighted by molar-refractivity contribution is 5.88. The Labute approximate surface area is 646 Å². The van der Waals surface area contributed by atoms with Crippen molar-refractivity contribution in [1.82, 2.24) is 36.1 Å². The van der Waals surface area contributed by atoms with Crippen LogP contribution in [0.3, 0.4) is 0 Å². The maximum atomic E-state index is 14.0. The number of aryl methyl sites for hydroxylation is 2. The number of nitrogens with zero attached hydrogens (tertiary/aromatic N) is 3. The Kier molecular flexibility index (Phi) is 37.3. The lowest BCUT2D eigenvalue weighted by atomic mass is 10.0. The van der Waals surface area contributed by atoms with Gasteiger partial charge < -0.3 is 68.6 Å². The molecule has 109 heavy (non-hydrogen) atoms. The molecule has 4 N–H and O–H groups in total. The number of carbonyl (C=O) groups is 9. The van der Waals surface area contributed by atoms with Crippen molar-refractivity contribution in [3.05, 3.63) is 113 Å². The van der Waals surface area contributed by atoms with Crippen LogP contribution in [0.5, 0.6) is 23.0 Å². The zero-order valence-electron chi connectivity index (χ0n) is 68.5. The van der Waals surface area contributed by atoms with Gasteiger partial charge in [-0.3, -0.25) is 43.6 Å². The Morgan fingerprint density at radius 1 is 0.413 bits per heavy atom. The molecule has 0 saturated carbocycles. The minimum atomic E-state index is -1.23. The summed E-state index contributed by atoms with van der Waals surface area (Å²) in [5, 5.41) is 11.1. The van der Waals surface area contributed by atoms with Gasteiger partial charge in [-0.15, -0.1) is 0 Å². The van der Waals surface area contributed by atoms with Crippen molar-refractivity contribution in [2.75, 3.05) is 53.5 Å². The molecule has 2 atom stereocenters. The molecule has 0 radical (unpaired) electrons. The van der Waals surface area contributed by atoms with Gasteiger partial charge in [-0.05, 0) is 235 Å². The highest BCUT2D eigenvalue weighted by Gasteiger charge is 2.33. The van der Waals surface area contributed by atoms with Gasteiger partial charge in [0.2, 0.25) is 11.8 Å². The van der Waals surface area contributed by atoms with Crippen LogP contribution < -0.4 is 40.2 Å². The fourth-order valence-electron chi connectivity index (χ4n) is 10.8. The Morgan fingerprint density at radius 2 is 0.835 bits per heavy atom. The van der Waals surface area contributed by atoms with Crippen molar-refractivity contribution in [1.29, 1.82) is 0 Å². The van der Waals surface area contributed by atoms with Crippen LogP contribution in [0.15, 0.2) is 78.9 Å². The number of amides is 4. The molecule has 0 bridgehead atoms. The molecular weight excluding hydrogens is 1400 g/mol.